The standard InChI is InChI=1S/C27H28ClFN2O4/c1-3-34-26(32)13-18-5-4-12-31(16-18)27(33)17(2)35-20-7-9-23-21(10-11-30-25(23)15-20)22-8-6-19(29)14-24(22)28/h6-11,14-15,17-18H,3-5,12-13,16H2,1-2H3/t17-,18-/m1/s1. The van der Waals surface area contributed by atoms with Crippen LogP contribution in [0.2, 0.25) is 5.02 Å². The molecule has 3 aromatic rings. The fourth-order valence-corrected chi connectivity index (χ4v) is 4.81. The summed E-state index contributed by atoms with van der Waals surface area (Å²) in [5.41, 5.74) is 2.21. The first kappa shape index (κ1) is 24.9. The Balaban J connectivity index is 1.46. The van der Waals surface area contributed by atoms with Crippen LogP contribution >= 0.6 is 11.6 Å². The molecule has 0 N–H and O–H groups in total. The molecule has 35 heavy (non-hydrogen) atoms. The summed E-state index contributed by atoms with van der Waals surface area (Å²) in [6.45, 7) is 5.04. The monoisotopic (exact) mass is 498 g/mol. The molecule has 0 aliphatic carbocycles. The molecule has 2 aromatic carbocycles. The van der Waals surface area contributed by atoms with Crippen molar-refractivity contribution >= 4 is 34.4 Å². The molecule has 184 valence electrons. The van der Waals surface area contributed by atoms with Gasteiger partial charge in [-0.2, -0.15) is 0 Å². The smallest absolute Gasteiger partial charge is 0.306 e. The number of carbonyl (C=O) groups is 2. The van der Waals surface area contributed by atoms with E-state index in [-0.39, 0.29) is 17.8 Å². The molecular formula is C27H28ClFN2O4. The highest BCUT2D eigenvalue weighted by Gasteiger charge is 2.29. The van der Waals surface area contributed by atoms with Crippen LogP contribution in [0.5, 0.6) is 5.75 Å². The number of halogens is 2. The third-order valence-electron chi connectivity index (χ3n) is 6.19. The molecule has 6 nitrogen and oxygen atoms in total. The molecule has 1 aliphatic heterocycles. The fraction of sp³-hybridized carbons (Fsp3) is 0.370. The Morgan fingerprint density at radius 1 is 1.20 bits per heavy atom. The predicted molar refractivity (Wildman–Crippen MR) is 133 cm³/mol. The van der Waals surface area contributed by atoms with E-state index in [1.807, 2.05) is 12.1 Å². The van der Waals surface area contributed by atoms with Crippen molar-refractivity contribution in [1.29, 1.82) is 0 Å². The molecule has 0 saturated carbocycles. The van der Waals surface area contributed by atoms with Gasteiger partial charge in [-0.25, -0.2) is 4.39 Å². The number of ether oxygens (including phenoxy) is 2. The molecule has 2 atom stereocenters. The van der Waals surface area contributed by atoms with Crippen molar-refractivity contribution in [3.8, 4) is 16.9 Å². The minimum Gasteiger partial charge on any atom is -0.481 e. The summed E-state index contributed by atoms with van der Waals surface area (Å²) >= 11 is 6.27. The largest absolute Gasteiger partial charge is 0.481 e. The number of rotatable bonds is 7. The molecule has 0 spiro atoms. The molecule has 2 heterocycles. The van der Waals surface area contributed by atoms with Crippen LogP contribution in [0.4, 0.5) is 4.39 Å². The third-order valence-corrected chi connectivity index (χ3v) is 6.50. The van der Waals surface area contributed by atoms with Crippen LogP contribution in [0.3, 0.4) is 0 Å². The molecule has 0 bridgehead atoms. The average Bonchev–Trinajstić information content (AvgIpc) is 2.83. The fourth-order valence-electron chi connectivity index (χ4n) is 4.54. The molecule has 8 heteroatoms. The quantitative estimate of drug-likeness (QED) is 0.393. The van der Waals surface area contributed by atoms with Crippen molar-refractivity contribution in [2.24, 2.45) is 5.92 Å². The Bertz CT molecular complexity index is 1240. The van der Waals surface area contributed by atoms with Crippen molar-refractivity contribution in [2.45, 2.75) is 39.2 Å². The minimum atomic E-state index is -0.691. The van der Waals surface area contributed by atoms with E-state index < -0.39 is 11.9 Å². The second kappa shape index (κ2) is 11.0. The number of hydrogen-bond acceptors (Lipinski definition) is 5. The Morgan fingerprint density at radius 3 is 2.80 bits per heavy atom. The summed E-state index contributed by atoms with van der Waals surface area (Å²) in [7, 11) is 0. The lowest BCUT2D eigenvalue weighted by Gasteiger charge is -2.34. The van der Waals surface area contributed by atoms with Crippen LogP contribution in [0.25, 0.3) is 22.0 Å². The van der Waals surface area contributed by atoms with E-state index in [4.69, 9.17) is 21.1 Å². The highest BCUT2D eigenvalue weighted by molar-refractivity contribution is 6.33. The van der Waals surface area contributed by atoms with Gasteiger partial charge < -0.3 is 14.4 Å². The molecule has 4 rings (SSSR count). The Labute approximate surface area is 209 Å². The number of carbonyl (C=O) groups excluding carboxylic acids is 2. The number of amides is 1. The van der Waals surface area contributed by atoms with E-state index in [9.17, 15) is 14.0 Å². The first-order valence-electron chi connectivity index (χ1n) is 11.8. The van der Waals surface area contributed by atoms with Gasteiger partial charge in [0.15, 0.2) is 6.10 Å². The van der Waals surface area contributed by atoms with Gasteiger partial charge in [0, 0.05) is 36.3 Å². The zero-order valence-corrected chi connectivity index (χ0v) is 20.6. The van der Waals surface area contributed by atoms with Crippen LogP contribution in [-0.2, 0) is 14.3 Å². The molecule has 1 amide bonds. The van der Waals surface area contributed by atoms with E-state index in [2.05, 4.69) is 4.98 Å². The summed E-state index contributed by atoms with van der Waals surface area (Å²) < 4.78 is 24.5. The number of pyridine rings is 1. The normalized spacial score (nSPS) is 16.7. The van der Waals surface area contributed by atoms with Crippen molar-refractivity contribution in [1.82, 2.24) is 9.88 Å². The lowest BCUT2D eigenvalue weighted by Crippen LogP contribution is -2.46. The van der Waals surface area contributed by atoms with E-state index in [1.54, 1.807) is 43.1 Å². The Kier molecular flexibility index (Phi) is 7.86. The molecule has 0 unspecified atom stereocenters. The van der Waals surface area contributed by atoms with Crippen molar-refractivity contribution in [3.05, 3.63) is 59.5 Å². The molecule has 1 aromatic heterocycles. The van der Waals surface area contributed by atoms with Crippen LogP contribution in [-0.4, -0.2) is 47.6 Å². The molecule has 0 radical (unpaired) electrons. The zero-order valence-electron chi connectivity index (χ0n) is 19.8. The van der Waals surface area contributed by atoms with Gasteiger partial charge in [-0.15, -0.1) is 0 Å². The van der Waals surface area contributed by atoms with E-state index in [0.29, 0.717) is 48.0 Å². The molecule has 1 aliphatic rings. The van der Waals surface area contributed by atoms with Gasteiger partial charge in [0.05, 0.1) is 23.6 Å². The van der Waals surface area contributed by atoms with Gasteiger partial charge in [-0.05, 0) is 74.6 Å². The number of fused-ring (bicyclic) bond motifs is 1. The van der Waals surface area contributed by atoms with Gasteiger partial charge >= 0.3 is 5.97 Å². The number of esters is 1. The van der Waals surface area contributed by atoms with Crippen LogP contribution in [0.1, 0.15) is 33.1 Å². The number of nitrogens with zero attached hydrogens (tertiary/aromatic N) is 2. The summed E-state index contributed by atoms with van der Waals surface area (Å²) in [6.07, 6.45) is 3.03. The van der Waals surface area contributed by atoms with E-state index in [0.717, 1.165) is 23.8 Å². The number of aromatic nitrogens is 1. The lowest BCUT2D eigenvalue weighted by molar-refractivity contribution is -0.147. The minimum absolute atomic E-state index is 0.0977. The van der Waals surface area contributed by atoms with Crippen molar-refractivity contribution in [3.63, 3.8) is 0 Å². The second-order valence-electron chi connectivity index (χ2n) is 8.72. The summed E-state index contributed by atoms with van der Waals surface area (Å²) in [5, 5.41) is 1.16. The number of likely N-dealkylation sites (tertiary alicyclic amines) is 1. The lowest BCUT2D eigenvalue weighted by atomic mass is 9.94. The SMILES string of the molecule is CCOC(=O)C[C@H]1CCCN(C(=O)[C@@H](C)Oc2ccc3c(-c4ccc(F)cc4Cl)ccnc3c2)C1. The molecule has 1 fully saturated rings. The predicted octanol–water partition coefficient (Wildman–Crippen LogP) is 5.65. The van der Waals surface area contributed by atoms with Crippen LogP contribution < -0.4 is 4.74 Å². The first-order chi connectivity index (χ1) is 16.9. The Morgan fingerprint density at radius 2 is 2.03 bits per heavy atom. The maximum Gasteiger partial charge on any atom is 0.306 e. The van der Waals surface area contributed by atoms with E-state index >= 15 is 0 Å². The van der Waals surface area contributed by atoms with E-state index in [1.165, 1.54) is 12.1 Å². The summed E-state index contributed by atoms with van der Waals surface area (Å²) in [5.74, 6) is -0.110. The highest BCUT2D eigenvalue weighted by Crippen LogP contribution is 2.34. The summed E-state index contributed by atoms with van der Waals surface area (Å²) in [4.78, 5) is 31.1. The zero-order chi connectivity index (χ0) is 24.9. The van der Waals surface area contributed by atoms with Crippen molar-refractivity contribution in [2.75, 3.05) is 19.7 Å². The number of piperidine rings is 1. The van der Waals surface area contributed by atoms with Crippen LogP contribution in [0, 0.1) is 11.7 Å². The van der Waals surface area contributed by atoms with Gasteiger partial charge in [0.2, 0.25) is 0 Å². The van der Waals surface area contributed by atoms with Crippen LogP contribution in [0.15, 0.2) is 48.7 Å². The Hall–Kier alpha value is -3.19. The maximum absolute atomic E-state index is 13.5. The second-order valence-corrected chi connectivity index (χ2v) is 9.13. The van der Waals surface area contributed by atoms with Gasteiger partial charge in [0.25, 0.3) is 5.91 Å². The first-order valence-corrected chi connectivity index (χ1v) is 12.2. The molecule has 1 saturated heterocycles. The highest BCUT2D eigenvalue weighted by atomic mass is 35.5. The van der Waals surface area contributed by atoms with Gasteiger partial charge in [0.1, 0.15) is 11.6 Å². The number of hydrogen-bond donors (Lipinski definition) is 0. The molecular weight excluding hydrogens is 471 g/mol. The van der Waals surface area contributed by atoms with Gasteiger partial charge in [-0.3, -0.25) is 14.6 Å². The van der Waals surface area contributed by atoms with Crippen molar-refractivity contribution < 1.29 is 23.5 Å². The average molecular weight is 499 g/mol. The number of benzene rings is 2. The summed E-state index contributed by atoms with van der Waals surface area (Å²) in [6, 6.07) is 11.6. The maximum atomic E-state index is 13.5. The van der Waals surface area contributed by atoms with Gasteiger partial charge in [-0.1, -0.05) is 11.6 Å². The third kappa shape index (κ3) is 5.90. The topological polar surface area (TPSA) is 68.7 Å².